The first kappa shape index (κ1) is 24.4. The number of tetrazole rings is 1. The Morgan fingerprint density at radius 3 is 2.28 bits per heavy atom. The fourth-order valence-corrected chi connectivity index (χ4v) is 3.50. The molecule has 0 unspecified atom stereocenters. The molecule has 184 valence electrons. The van der Waals surface area contributed by atoms with Gasteiger partial charge in [-0.2, -0.15) is 4.80 Å². The second kappa shape index (κ2) is 11.1. The van der Waals surface area contributed by atoms with Crippen LogP contribution in [0.4, 0.5) is 0 Å². The predicted molar refractivity (Wildman–Crippen MR) is 131 cm³/mol. The number of aromatic nitrogens is 4. The zero-order valence-electron chi connectivity index (χ0n) is 20.1. The Kier molecular flexibility index (Phi) is 7.54. The number of methoxy groups -OCH3 is 3. The second-order valence-electron chi connectivity index (χ2n) is 7.78. The van der Waals surface area contributed by atoms with Crippen molar-refractivity contribution in [2.75, 3.05) is 21.3 Å². The van der Waals surface area contributed by atoms with Crippen LogP contribution in [-0.2, 0) is 17.8 Å². The molecule has 0 radical (unpaired) electrons. The van der Waals surface area contributed by atoms with Gasteiger partial charge in [0.25, 0.3) is 5.91 Å². The smallest absolute Gasteiger partial charge is 0.337 e. The summed E-state index contributed by atoms with van der Waals surface area (Å²) in [6, 6.07) is 19.5. The lowest BCUT2D eigenvalue weighted by Gasteiger charge is -2.11. The van der Waals surface area contributed by atoms with Gasteiger partial charge in [-0.05, 0) is 58.8 Å². The highest BCUT2D eigenvalue weighted by Crippen LogP contribution is 2.25. The molecule has 1 heterocycles. The molecule has 0 atom stereocenters. The van der Waals surface area contributed by atoms with E-state index in [2.05, 4.69) is 20.7 Å². The predicted octanol–water partition coefficient (Wildman–Crippen LogP) is 3.12. The van der Waals surface area contributed by atoms with Crippen LogP contribution in [0.2, 0.25) is 0 Å². The number of hydrogen-bond donors (Lipinski definition) is 1. The summed E-state index contributed by atoms with van der Waals surface area (Å²) in [5.74, 6) is 0.841. The van der Waals surface area contributed by atoms with E-state index >= 15 is 0 Å². The molecule has 3 aromatic carbocycles. The molecule has 1 aromatic heterocycles. The molecular formula is C26H25N5O5. The molecule has 0 fully saturated rings. The first-order valence-corrected chi connectivity index (χ1v) is 11.1. The quantitative estimate of drug-likeness (QED) is 0.358. The molecular weight excluding hydrogens is 462 g/mol. The third-order valence-electron chi connectivity index (χ3n) is 5.47. The number of carbonyl (C=O) groups excluding carboxylic acids is 2. The lowest BCUT2D eigenvalue weighted by molar-refractivity contribution is 0.0600. The molecule has 0 aliphatic heterocycles. The molecule has 10 heteroatoms. The van der Waals surface area contributed by atoms with Crippen LogP contribution in [0.5, 0.6) is 11.5 Å². The lowest BCUT2D eigenvalue weighted by atomic mass is 10.1. The lowest BCUT2D eigenvalue weighted by Crippen LogP contribution is -2.23. The van der Waals surface area contributed by atoms with Gasteiger partial charge in [-0.25, -0.2) is 4.79 Å². The highest BCUT2D eigenvalue weighted by molar-refractivity contribution is 5.98. The van der Waals surface area contributed by atoms with Crippen molar-refractivity contribution in [3.05, 3.63) is 89.0 Å². The van der Waals surface area contributed by atoms with Gasteiger partial charge in [0.15, 0.2) is 0 Å². The minimum atomic E-state index is -0.415. The third-order valence-corrected chi connectivity index (χ3v) is 5.47. The van der Waals surface area contributed by atoms with Gasteiger partial charge in [-0.3, -0.25) is 4.79 Å². The average molecular weight is 488 g/mol. The number of esters is 1. The maximum atomic E-state index is 13.0. The molecule has 0 saturated carbocycles. The van der Waals surface area contributed by atoms with E-state index in [0.29, 0.717) is 34.8 Å². The van der Waals surface area contributed by atoms with Gasteiger partial charge in [-0.1, -0.05) is 24.3 Å². The van der Waals surface area contributed by atoms with E-state index in [1.165, 1.54) is 19.0 Å². The molecule has 4 aromatic rings. The fourth-order valence-electron chi connectivity index (χ4n) is 3.50. The maximum absolute atomic E-state index is 13.0. The maximum Gasteiger partial charge on any atom is 0.337 e. The molecule has 0 aliphatic rings. The first-order chi connectivity index (χ1) is 17.5. The summed E-state index contributed by atoms with van der Waals surface area (Å²) in [6.07, 6.45) is 0. The van der Waals surface area contributed by atoms with Crippen LogP contribution in [0.15, 0.2) is 66.7 Å². The summed E-state index contributed by atoms with van der Waals surface area (Å²) in [4.78, 5) is 26.0. The van der Waals surface area contributed by atoms with Crippen LogP contribution in [-0.4, -0.2) is 53.4 Å². The van der Waals surface area contributed by atoms with Gasteiger partial charge in [0.05, 0.1) is 39.0 Å². The largest absolute Gasteiger partial charge is 0.497 e. The number of ether oxygens (including phenoxy) is 3. The van der Waals surface area contributed by atoms with Gasteiger partial charge in [0.2, 0.25) is 5.82 Å². The van der Waals surface area contributed by atoms with Gasteiger partial charge in [-0.15, -0.1) is 10.2 Å². The van der Waals surface area contributed by atoms with Crippen molar-refractivity contribution in [2.24, 2.45) is 0 Å². The van der Waals surface area contributed by atoms with Crippen molar-refractivity contribution in [1.29, 1.82) is 0 Å². The normalized spacial score (nSPS) is 10.5. The van der Waals surface area contributed by atoms with Crippen LogP contribution in [0, 0.1) is 0 Å². The van der Waals surface area contributed by atoms with Crippen LogP contribution >= 0.6 is 0 Å². The number of rotatable bonds is 9. The number of carbonyl (C=O) groups is 2. The van der Waals surface area contributed by atoms with Crippen molar-refractivity contribution in [2.45, 2.75) is 13.1 Å². The van der Waals surface area contributed by atoms with E-state index in [1.807, 2.05) is 24.3 Å². The SMILES string of the molecule is COC(=O)c1ccc(CNC(=O)c2cc(-c3nnn(Cc4ccc(OC)cc4)n3)ccc2OC)cc1. The van der Waals surface area contributed by atoms with E-state index in [1.54, 1.807) is 49.6 Å². The van der Waals surface area contributed by atoms with Crippen LogP contribution in [0.25, 0.3) is 11.4 Å². The number of benzene rings is 3. The molecule has 1 N–H and O–H groups in total. The summed E-state index contributed by atoms with van der Waals surface area (Å²) in [5, 5.41) is 15.6. The zero-order chi connectivity index (χ0) is 25.5. The van der Waals surface area contributed by atoms with Crippen molar-refractivity contribution >= 4 is 11.9 Å². The van der Waals surface area contributed by atoms with E-state index in [-0.39, 0.29) is 12.5 Å². The first-order valence-electron chi connectivity index (χ1n) is 11.1. The minimum Gasteiger partial charge on any atom is -0.497 e. The van der Waals surface area contributed by atoms with Gasteiger partial charge < -0.3 is 19.5 Å². The summed E-state index contributed by atoms with van der Waals surface area (Å²) in [6.45, 7) is 0.708. The van der Waals surface area contributed by atoms with Crippen LogP contribution in [0.3, 0.4) is 0 Å². The van der Waals surface area contributed by atoms with E-state index in [9.17, 15) is 9.59 Å². The van der Waals surface area contributed by atoms with Gasteiger partial charge >= 0.3 is 5.97 Å². The Bertz CT molecular complexity index is 1350. The summed E-state index contributed by atoms with van der Waals surface area (Å²) in [7, 11) is 4.45. The average Bonchev–Trinajstić information content (AvgIpc) is 3.40. The highest BCUT2D eigenvalue weighted by Gasteiger charge is 2.16. The van der Waals surface area contributed by atoms with Gasteiger partial charge in [0, 0.05) is 12.1 Å². The number of nitrogens with one attached hydrogen (secondary N) is 1. The summed E-state index contributed by atoms with van der Waals surface area (Å²) in [5.41, 5.74) is 3.23. The second-order valence-corrected chi connectivity index (χ2v) is 7.78. The van der Waals surface area contributed by atoms with Crippen LogP contribution in [0.1, 0.15) is 31.8 Å². The van der Waals surface area contributed by atoms with Gasteiger partial charge in [0.1, 0.15) is 11.5 Å². The molecule has 1 amide bonds. The molecule has 0 saturated heterocycles. The van der Waals surface area contributed by atoms with E-state index < -0.39 is 5.97 Å². The highest BCUT2D eigenvalue weighted by atomic mass is 16.5. The Labute approximate surface area is 207 Å². The van der Waals surface area contributed by atoms with Crippen molar-refractivity contribution in [3.8, 4) is 22.9 Å². The Balaban J connectivity index is 1.46. The minimum absolute atomic E-state index is 0.268. The summed E-state index contributed by atoms with van der Waals surface area (Å²) < 4.78 is 15.3. The Morgan fingerprint density at radius 1 is 0.889 bits per heavy atom. The van der Waals surface area contributed by atoms with Crippen LogP contribution < -0.4 is 14.8 Å². The topological polar surface area (TPSA) is 117 Å². The van der Waals surface area contributed by atoms with E-state index in [4.69, 9.17) is 14.2 Å². The molecule has 0 spiro atoms. The van der Waals surface area contributed by atoms with Crippen molar-refractivity contribution in [1.82, 2.24) is 25.5 Å². The molecule has 36 heavy (non-hydrogen) atoms. The molecule has 4 rings (SSSR count). The van der Waals surface area contributed by atoms with E-state index in [0.717, 1.165) is 16.9 Å². The molecule has 0 bridgehead atoms. The third kappa shape index (κ3) is 5.66. The Hall–Kier alpha value is -4.73. The Morgan fingerprint density at radius 2 is 1.61 bits per heavy atom. The summed E-state index contributed by atoms with van der Waals surface area (Å²) >= 11 is 0. The standard InChI is InChI=1S/C26H25N5O5/c1-34-21-11-6-18(7-12-21)16-31-29-24(28-30-31)20-10-13-23(35-2)22(14-20)25(32)27-15-17-4-8-19(9-5-17)26(33)36-3/h4-14H,15-16H2,1-3H3,(H,27,32). The number of hydrogen-bond acceptors (Lipinski definition) is 8. The number of nitrogens with zero attached hydrogens (tertiary/aromatic N) is 4. The number of amides is 1. The zero-order valence-corrected chi connectivity index (χ0v) is 20.1. The molecule has 10 nitrogen and oxygen atoms in total. The van der Waals surface area contributed by atoms with Crippen molar-refractivity contribution in [3.63, 3.8) is 0 Å². The monoisotopic (exact) mass is 487 g/mol. The molecule has 0 aliphatic carbocycles. The fraction of sp³-hybridized carbons (Fsp3) is 0.192. The van der Waals surface area contributed by atoms with Crippen molar-refractivity contribution < 1.29 is 23.8 Å².